The van der Waals surface area contributed by atoms with Gasteiger partial charge in [-0.25, -0.2) is 12.8 Å². The van der Waals surface area contributed by atoms with Gasteiger partial charge in [0.2, 0.25) is 5.91 Å². The molecular weight excluding hydrogens is 259 g/mol. The zero-order valence-corrected chi connectivity index (χ0v) is 11.0. The van der Waals surface area contributed by atoms with Crippen LogP contribution in [0.4, 0.5) is 10.1 Å². The molecule has 5 nitrogen and oxygen atoms in total. The van der Waals surface area contributed by atoms with E-state index in [2.05, 4.69) is 10.6 Å². The van der Waals surface area contributed by atoms with Crippen molar-refractivity contribution in [1.29, 1.82) is 0 Å². The number of halogens is 1. The molecule has 1 amide bonds. The fraction of sp³-hybridized carbons (Fsp3) is 0.364. The molecule has 7 heteroatoms. The number of hydrogen-bond acceptors (Lipinski definition) is 4. The molecule has 1 aromatic rings. The van der Waals surface area contributed by atoms with Crippen LogP contribution in [0.2, 0.25) is 0 Å². The van der Waals surface area contributed by atoms with Gasteiger partial charge in [0, 0.05) is 6.26 Å². The molecule has 0 saturated heterocycles. The molecule has 0 unspecified atom stereocenters. The molecule has 0 aromatic heterocycles. The van der Waals surface area contributed by atoms with Crippen LogP contribution in [0.15, 0.2) is 23.1 Å². The summed E-state index contributed by atoms with van der Waals surface area (Å²) in [5.41, 5.74) is -0.138. The lowest BCUT2D eigenvalue weighted by atomic mass is 10.3. The van der Waals surface area contributed by atoms with E-state index in [1.165, 1.54) is 0 Å². The first kappa shape index (κ1) is 14.6. The minimum absolute atomic E-state index is 0.0392. The summed E-state index contributed by atoms with van der Waals surface area (Å²) in [6.45, 7) is 2.48. The van der Waals surface area contributed by atoms with E-state index in [1.54, 1.807) is 0 Å². The molecule has 0 bridgehead atoms. The first-order valence-corrected chi connectivity index (χ1v) is 7.24. The van der Waals surface area contributed by atoms with Crippen LogP contribution in [0, 0.1) is 5.82 Å². The van der Waals surface area contributed by atoms with Crippen molar-refractivity contribution in [3.8, 4) is 0 Å². The summed E-state index contributed by atoms with van der Waals surface area (Å²) in [5, 5.41) is 5.10. The molecular formula is C11H15FN2O3S. The highest BCUT2D eigenvalue weighted by Crippen LogP contribution is 2.19. The Morgan fingerprint density at radius 3 is 2.61 bits per heavy atom. The minimum Gasteiger partial charge on any atom is -0.322 e. The maximum Gasteiger partial charge on any atom is 0.238 e. The predicted octanol–water partition coefficient (Wildman–Crippen LogP) is 0.777. The van der Waals surface area contributed by atoms with Crippen LogP contribution in [0.5, 0.6) is 0 Å². The zero-order valence-electron chi connectivity index (χ0n) is 10.2. The Morgan fingerprint density at radius 2 is 2.06 bits per heavy atom. The van der Waals surface area contributed by atoms with Crippen LogP contribution in [-0.4, -0.2) is 33.7 Å². The second-order valence-corrected chi connectivity index (χ2v) is 5.76. The Bertz CT molecular complexity index is 543. The van der Waals surface area contributed by atoms with Crippen molar-refractivity contribution in [1.82, 2.24) is 5.32 Å². The van der Waals surface area contributed by atoms with Crippen LogP contribution in [0.1, 0.15) is 6.92 Å². The van der Waals surface area contributed by atoms with E-state index in [0.717, 1.165) is 24.5 Å². The maximum atomic E-state index is 13.4. The molecule has 100 valence electrons. The van der Waals surface area contributed by atoms with E-state index in [1.807, 2.05) is 6.92 Å². The van der Waals surface area contributed by atoms with E-state index < -0.39 is 21.6 Å². The average Bonchev–Trinajstić information content (AvgIpc) is 2.28. The SMILES string of the molecule is CCNCC(=O)Nc1cc(S(C)(=O)=O)ccc1F. The molecule has 1 aromatic carbocycles. The fourth-order valence-corrected chi connectivity index (χ4v) is 1.91. The third kappa shape index (κ3) is 4.08. The lowest BCUT2D eigenvalue weighted by molar-refractivity contribution is -0.115. The first-order chi connectivity index (χ1) is 8.34. The third-order valence-electron chi connectivity index (χ3n) is 2.18. The van der Waals surface area contributed by atoms with Gasteiger partial charge in [-0.05, 0) is 24.7 Å². The van der Waals surface area contributed by atoms with Gasteiger partial charge in [0.05, 0.1) is 17.1 Å². The molecule has 1 rings (SSSR count). The molecule has 0 aliphatic rings. The Balaban J connectivity index is 2.92. The van der Waals surface area contributed by atoms with Crippen LogP contribution >= 0.6 is 0 Å². The standard InChI is InChI=1S/C11H15FN2O3S/c1-3-13-7-11(15)14-10-6-8(18(2,16)17)4-5-9(10)12/h4-6,13H,3,7H2,1-2H3,(H,14,15). The largest absolute Gasteiger partial charge is 0.322 e. The fourth-order valence-electron chi connectivity index (χ4n) is 1.26. The topological polar surface area (TPSA) is 75.3 Å². The molecule has 0 aliphatic carbocycles. The summed E-state index contributed by atoms with van der Waals surface area (Å²) in [4.78, 5) is 11.4. The number of nitrogens with one attached hydrogen (secondary N) is 2. The number of rotatable bonds is 5. The van der Waals surface area contributed by atoms with Crippen molar-refractivity contribution < 1.29 is 17.6 Å². The average molecular weight is 274 g/mol. The second kappa shape index (κ2) is 5.92. The second-order valence-electron chi connectivity index (χ2n) is 3.74. The quantitative estimate of drug-likeness (QED) is 0.778. The van der Waals surface area contributed by atoms with Crippen molar-refractivity contribution in [3.05, 3.63) is 24.0 Å². The van der Waals surface area contributed by atoms with Crippen molar-refractivity contribution in [2.45, 2.75) is 11.8 Å². The summed E-state index contributed by atoms with van der Waals surface area (Å²) in [6.07, 6.45) is 1.02. The van der Waals surface area contributed by atoms with Gasteiger partial charge in [-0.1, -0.05) is 6.92 Å². The van der Waals surface area contributed by atoms with Gasteiger partial charge >= 0.3 is 0 Å². The van der Waals surface area contributed by atoms with Gasteiger partial charge in [-0.2, -0.15) is 0 Å². The Kier molecular flexibility index (Phi) is 4.80. The summed E-state index contributed by atoms with van der Waals surface area (Å²) < 4.78 is 36.0. The molecule has 18 heavy (non-hydrogen) atoms. The molecule has 0 saturated carbocycles. The van der Waals surface area contributed by atoms with Gasteiger partial charge in [-0.3, -0.25) is 4.79 Å². The number of benzene rings is 1. The molecule has 0 spiro atoms. The van der Waals surface area contributed by atoms with Crippen molar-refractivity contribution >= 4 is 21.4 Å². The van der Waals surface area contributed by atoms with Crippen molar-refractivity contribution in [3.63, 3.8) is 0 Å². The Hall–Kier alpha value is -1.47. The smallest absolute Gasteiger partial charge is 0.238 e. The van der Waals surface area contributed by atoms with Gasteiger partial charge in [0.25, 0.3) is 0 Å². The molecule has 0 heterocycles. The highest BCUT2D eigenvalue weighted by atomic mass is 32.2. The normalized spacial score (nSPS) is 11.3. The van der Waals surface area contributed by atoms with Crippen molar-refractivity contribution in [2.75, 3.05) is 24.7 Å². The number of likely N-dealkylation sites (N-methyl/N-ethyl adjacent to an activating group) is 1. The van der Waals surface area contributed by atoms with E-state index in [4.69, 9.17) is 0 Å². The lowest BCUT2D eigenvalue weighted by Crippen LogP contribution is -2.28. The Labute approximate surface area is 105 Å². The number of hydrogen-bond donors (Lipinski definition) is 2. The number of carbonyl (C=O) groups is 1. The number of sulfone groups is 1. The highest BCUT2D eigenvalue weighted by molar-refractivity contribution is 7.90. The van der Waals surface area contributed by atoms with Gasteiger partial charge < -0.3 is 10.6 Å². The van der Waals surface area contributed by atoms with Crippen LogP contribution in [0.3, 0.4) is 0 Å². The summed E-state index contributed by atoms with van der Waals surface area (Å²) in [5.74, 6) is -1.10. The van der Waals surface area contributed by atoms with E-state index >= 15 is 0 Å². The molecule has 0 fully saturated rings. The monoisotopic (exact) mass is 274 g/mol. The first-order valence-electron chi connectivity index (χ1n) is 5.34. The minimum atomic E-state index is -3.43. The molecule has 0 aliphatic heterocycles. The molecule has 0 atom stereocenters. The number of carbonyl (C=O) groups excluding carboxylic acids is 1. The van der Waals surface area contributed by atoms with Crippen LogP contribution in [0.25, 0.3) is 0 Å². The van der Waals surface area contributed by atoms with Gasteiger partial charge in [0.15, 0.2) is 9.84 Å². The summed E-state index contributed by atoms with van der Waals surface area (Å²) in [6, 6.07) is 3.28. The molecule has 2 N–H and O–H groups in total. The van der Waals surface area contributed by atoms with E-state index in [0.29, 0.717) is 6.54 Å². The maximum absolute atomic E-state index is 13.4. The predicted molar refractivity (Wildman–Crippen MR) is 66.7 cm³/mol. The van der Waals surface area contributed by atoms with Crippen molar-refractivity contribution in [2.24, 2.45) is 0 Å². The van der Waals surface area contributed by atoms with Crippen LogP contribution < -0.4 is 10.6 Å². The highest BCUT2D eigenvalue weighted by Gasteiger charge is 2.12. The lowest BCUT2D eigenvalue weighted by Gasteiger charge is -2.08. The van der Waals surface area contributed by atoms with E-state index in [9.17, 15) is 17.6 Å². The number of amides is 1. The van der Waals surface area contributed by atoms with E-state index in [-0.39, 0.29) is 17.1 Å². The Morgan fingerprint density at radius 1 is 1.39 bits per heavy atom. The van der Waals surface area contributed by atoms with Gasteiger partial charge in [0.1, 0.15) is 5.82 Å². The third-order valence-corrected chi connectivity index (χ3v) is 3.29. The van der Waals surface area contributed by atoms with Gasteiger partial charge in [-0.15, -0.1) is 0 Å². The van der Waals surface area contributed by atoms with Crippen LogP contribution in [-0.2, 0) is 14.6 Å². The summed E-state index contributed by atoms with van der Waals surface area (Å²) >= 11 is 0. The number of anilines is 1. The molecule has 0 radical (unpaired) electrons. The summed E-state index contributed by atoms with van der Waals surface area (Å²) in [7, 11) is -3.43. The zero-order chi connectivity index (χ0) is 13.8.